The van der Waals surface area contributed by atoms with Crippen molar-refractivity contribution >= 4 is 12.0 Å². The van der Waals surface area contributed by atoms with E-state index in [-0.39, 0.29) is 18.0 Å². The number of carboxylic acid groups (broad SMARTS) is 1. The average Bonchev–Trinajstić information content (AvgIpc) is 2.65. The minimum Gasteiger partial charge on any atom is -0.481 e. The Labute approximate surface area is 109 Å². The molecule has 2 N–H and O–H groups in total. The zero-order valence-corrected chi connectivity index (χ0v) is 11.7. The number of carbonyl (C=O) groups excluding carboxylic acids is 1. The SMILES string of the molecule is CCC(C)(CNC(=O)N1CCC(C)(C)C1)C(=O)O. The molecule has 5 nitrogen and oxygen atoms in total. The van der Waals surface area contributed by atoms with Crippen molar-refractivity contribution < 1.29 is 14.7 Å². The minimum absolute atomic E-state index is 0.151. The van der Waals surface area contributed by atoms with Crippen LogP contribution in [0.3, 0.4) is 0 Å². The number of nitrogens with zero attached hydrogens (tertiary/aromatic N) is 1. The summed E-state index contributed by atoms with van der Waals surface area (Å²) in [5.74, 6) is -0.868. The lowest BCUT2D eigenvalue weighted by molar-refractivity contribution is -0.147. The fourth-order valence-corrected chi connectivity index (χ4v) is 2.02. The van der Waals surface area contributed by atoms with Crippen LogP contribution in [0, 0.1) is 10.8 Å². The average molecular weight is 256 g/mol. The Bertz CT molecular complexity index is 341. The summed E-state index contributed by atoms with van der Waals surface area (Å²) < 4.78 is 0. The Hall–Kier alpha value is -1.26. The molecule has 1 rings (SSSR count). The summed E-state index contributed by atoms with van der Waals surface area (Å²) in [6.45, 7) is 9.39. The highest BCUT2D eigenvalue weighted by molar-refractivity contribution is 5.78. The van der Waals surface area contributed by atoms with Gasteiger partial charge in [-0.15, -0.1) is 0 Å². The lowest BCUT2D eigenvalue weighted by Crippen LogP contribution is -2.46. The van der Waals surface area contributed by atoms with Gasteiger partial charge in [0, 0.05) is 19.6 Å². The molecule has 1 heterocycles. The van der Waals surface area contributed by atoms with E-state index in [4.69, 9.17) is 5.11 Å². The molecule has 0 saturated carbocycles. The largest absolute Gasteiger partial charge is 0.481 e. The highest BCUT2D eigenvalue weighted by Crippen LogP contribution is 2.28. The van der Waals surface area contributed by atoms with E-state index in [1.54, 1.807) is 11.8 Å². The Balaban J connectivity index is 2.49. The maximum atomic E-state index is 11.9. The van der Waals surface area contributed by atoms with Gasteiger partial charge in [0.25, 0.3) is 0 Å². The third kappa shape index (κ3) is 3.37. The van der Waals surface area contributed by atoms with Crippen molar-refractivity contribution in [1.29, 1.82) is 0 Å². The van der Waals surface area contributed by atoms with Crippen LogP contribution in [0.4, 0.5) is 4.79 Å². The summed E-state index contributed by atoms with van der Waals surface area (Å²) >= 11 is 0. The molecule has 5 heteroatoms. The van der Waals surface area contributed by atoms with Crippen LogP contribution < -0.4 is 5.32 Å². The summed E-state index contributed by atoms with van der Waals surface area (Å²) in [6, 6.07) is -0.151. The lowest BCUT2D eigenvalue weighted by Gasteiger charge is -2.26. The van der Waals surface area contributed by atoms with Crippen molar-refractivity contribution in [2.75, 3.05) is 19.6 Å². The van der Waals surface area contributed by atoms with Gasteiger partial charge < -0.3 is 15.3 Å². The molecule has 0 spiro atoms. The van der Waals surface area contributed by atoms with Crippen LogP contribution in [0.1, 0.15) is 40.5 Å². The first-order valence-electron chi connectivity index (χ1n) is 6.46. The molecule has 1 atom stereocenters. The topological polar surface area (TPSA) is 69.6 Å². The molecule has 2 amide bonds. The van der Waals surface area contributed by atoms with Gasteiger partial charge in [-0.2, -0.15) is 0 Å². The number of rotatable bonds is 4. The summed E-state index contributed by atoms with van der Waals surface area (Å²) in [5.41, 5.74) is -0.719. The number of carboxylic acids is 1. The number of aliphatic carboxylic acids is 1. The molecule has 104 valence electrons. The highest BCUT2D eigenvalue weighted by atomic mass is 16.4. The van der Waals surface area contributed by atoms with E-state index in [0.29, 0.717) is 6.42 Å². The fraction of sp³-hybridized carbons (Fsp3) is 0.846. The molecule has 0 aliphatic carbocycles. The first kappa shape index (κ1) is 14.8. The smallest absolute Gasteiger partial charge is 0.317 e. The van der Waals surface area contributed by atoms with Gasteiger partial charge in [-0.25, -0.2) is 4.79 Å². The Morgan fingerprint density at radius 2 is 2.06 bits per heavy atom. The van der Waals surface area contributed by atoms with Crippen molar-refractivity contribution in [2.24, 2.45) is 10.8 Å². The maximum absolute atomic E-state index is 11.9. The van der Waals surface area contributed by atoms with Crippen molar-refractivity contribution in [3.8, 4) is 0 Å². The van der Waals surface area contributed by atoms with E-state index in [0.717, 1.165) is 19.5 Å². The minimum atomic E-state index is -0.884. The molecule has 1 aliphatic rings. The number of hydrogen-bond acceptors (Lipinski definition) is 2. The molecule has 0 aromatic heterocycles. The molecule has 1 aliphatic heterocycles. The molecule has 0 aromatic carbocycles. The Morgan fingerprint density at radius 3 is 2.44 bits per heavy atom. The fourth-order valence-electron chi connectivity index (χ4n) is 2.02. The zero-order chi connectivity index (χ0) is 14.0. The summed E-state index contributed by atoms with van der Waals surface area (Å²) in [7, 11) is 0. The number of nitrogens with one attached hydrogen (secondary N) is 1. The molecule has 0 radical (unpaired) electrons. The molecule has 1 unspecified atom stereocenters. The molecule has 0 aromatic rings. The van der Waals surface area contributed by atoms with Crippen LogP contribution in [0.2, 0.25) is 0 Å². The molecular weight excluding hydrogens is 232 g/mol. The van der Waals surface area contributed by atoms with Crippen LogP contribution in [0.25, 0.3) is 0 Å². The lowest BCUT2D eigenvalue weighted by atomic mass is 9.88. The van der Waals surface area contributed by atoms with Gasteiger partial charge >= 0.3 is 12.0 Å². The molecule has 1 saturated heterocycles. The van der Waals surface area contributed by atoms with Crippen molar-refractivity contribution in [3.05, 3.63) is 0 Å². The van der Waals surface area contributed by atoms with Crippen LogP contribution in [-0.4, -0.2) is 41.6 Å². The predicted molar refractivity (Wildman–Crippen MR) is 69.4 cm³/mol. The van der Waals surface area contributed by atoms with Gasteiger partial charge in [-0.05, 0) is 25.2 Å². The molecule has 0 bridgehead atoms. The van der Waals surface area contributed by atoms with E-state index < -0.39 is 11.4 Å². The van der Waals surface area contributed by atoms with E-state index in [1.165, 1.54) is 0 Å². The van der Waals surface area contributed by atoms with Gasteiger partial charge in [0.1, 0.15) is 0 Å². The van der Waals surface area contributed by atoms with Crippen LogP contribution >= 0.6 is 0 Å². The predicted octanol–water partition coefficient (Wildman–Crippen LogP) is 1.93. The summed E-state index contributed by atoms with van der Waals surface area (Å²) in [5, 5.41) is 11.9. The van der Waals surface area contributed by atoms with E-state index in [2.05, 4.69) is 19.2 Å². The van der Waals surface area contributed by atoms with Gasteiger partial charge in [-0.3, -0.25) is 4.79 Å². The number of amides is 2. The van der Waals surface area contributed by atoms with Crippen LogP contribution in [0.15, 0.2) is 0 Å². The standard InChI is InChI=1S/C13H24N2O3/c1-5-13(4,10(16)17)8-14-11(18)15-7-6-12(2,3)9-15/h5-9H2,1-4H3,(H,14,18)(H,16,17). The first-order chi connectivity index (χ1) is 8.20. The molecular formula is C13H24N2O3. The number of likely N-dealkylation sites (tertiary alicyclic amines) is 1. The van der Waals surface area contributed by atoms with Gasteiger partial charge in [0.2, 0.25) is 0 Å². The summed E-state index contributed by atoms with van der Waals surface area (Å²) in [6.07, 6.45) is 1.48. The van der Waals surface area contributed by atoms with Crippen molar-refractivity contribution in [1.82, 2.24) is 10.2 Å². The first-order valence-corrected chi connectivity index (χ1v) is 6.46. The summed E-state index contributed by atoms with van der Waals surface area (Å²) in [4.78, 5) is 24.8. The van der Waals surface area contributed by atoms with Crippen LogP contribution in [-0.2, 0) is 4.79 Å². The number of carbonyl (C=O) groups is 2. The van der Waals surface area contributed by atoms with Crippen LogP contribution in [0.5, 0.6) is 0 Å². The van der Waals surface area contributed by atoms with Gasteiger partial charge in [-0.1, -0.05) is 20.8 Å². The maximum Gasteiger partial charge on any atom is 0.317 e. The number of hydrogen-bond donors (Lipinski definition) is 2. The third-order valence-electron chi connectivity index (χ3n) is 3.89. The Kier molecular flexibility index (Phi) is 4.24. The monoisotopic (exact) mass is 256 g/mol. The number of urea groups is 1. The van der Waals surface area contributed by atoms with E-state index in [9.17, 15) is 9.59 Å². The normalized spacial score (nSPS) is 21.4. The highest BCUT2D eigenvalue weighted by Gasteiger charge is 2.35. The Morgan fingerprint density at radius 1 is 1.44 bits per heavy atom. The van der Waals surface area contributed by atoms with E-state index >= 15 is 0 Å². The second kappa shape index (κ2) is 5.16. The zero-order valence-electron chi connectivity index (χ0n) is 11.7. The van der Waals surface area contributed by atoms with Gasteiger partial charge in [0.15, 0.2) is 0 Å². The molecule has 1 fully saturated rings. The quantitative estimate of drug-likeness (QED) is 0.807. The second-order valence-corrected chi connectivity index (χ2v) is 6.21. The van der Waals surface area contributed by atoms with Crippen molar-refractivity contribution in [3.63, 3.8) is 0 Å². The molecule has 18 heavy (non-hydrogen) atoms. The van der Waals surface area contributed by atoms with E-state index in [1.807, 2.05) is 6.92 Å². The van der Waals surface area contributed by atoms with Gasteiger partial charge in [0.05, 0.1) is 5.41 Å². The second-order valence-electron chi connectivity index (χ2n) is 6.21. The van der Waals surface area contributed by atoms with Crippen molar-refractivity contribution in [2.45, 2.75) is 40.5 Å². The third-order valence-corrected chi connectivity index (χ3v) is 3.89.